The Bertz CT molecular complexity index is 406. The maximum absolute atomic E-state index is 10.9. The first-order chi connectivity index (χ1) is 8.13. The number of nitrogens with zero attached hydrogens (tertiary/aromatic N) is 3. The van der Waals surface area contributed by atoms with Crippen LogP contribution in [-0.2, 0) is 0 Å². The van der Waals surface area contributed by atoms with Gasteiger partial charge in [-0.25, -0.2) is 0 Å². The molecule has 3 N–H and O–H groups in total. The summed E-state index contributed by atoms with van der Waals surface area (Å²) in [6.45, 7) is 3.05. The second kappa shape index (κ2) is 4.67. The van der Waals surface area contributed by atoms with Gasteiger partial charge in [-0.2, -0.15) is 0 Å². The van der Waals surface area contributed by atoms with Gasteiger partial charge in [-0.3, -0.25) is 4.79 Å². The van der Waals surface area contributed by atoms with Gasteiger partial charge in [-0.1, -0.05) is 6.92 Å². The van der Waals surface area contributed by atoms with Gasteiger partial charge in [-0.15, -0.1) is 10.2 Å². The summed E-state index contributed by atoms with van der Waals surface area (Å²) in [5.41, 5.74) is 5.25. The molecular weight excluding hydrogens is 220 g/mol. The Labute approximate surface area is 99.4 Å². The lowest BCUT2D eigenvalue weighted by Crippen LogP contribution is -2.36. The summed E-state index contributed by atoms with van der Waals surface area (Å²) in [5.74, 6) is 0.522. The monoisotopic (exact) mass is 236 g/mol. The lowest BCUT2D eigenvalue weighted by atomic mass is 10.0. The highest BCUT2D eigenvalue weighted by molar-refractivity contribution is 5.90. The van der Waals surface area contributed by atoms with Crippen LogP contribution >= 0.6 is 0 Å². The molecule has 0 saturated carbocycles. The maximum Gasteiger partial charge on any atom is 0.269 e. The van der Waals surface area contributed by atoms with Crippen LogP contribution in [0.25, 0.3) is 0 Å². The highest BCUT2D eigenvalue weighted by atomic mass is 16.3. The highest BCUT2D eigenvalue weighted by Gasteiger charge is 2.31. The van der Waals surface area contributed by atoms with Crippen molar-refractivity contribution in [2.45, 2.75) is 19.4 Å². The summed E-state index contributed by atoms with van der Waals surface area (Å²) < 4.78 is 0. The predicted molar refractivity (Wildman–Crippen MR) is 62.6 cm³/mol. The van der Waals surface area contributed by atoms with Crippen LogP contribution in [0.3, 0.4) is 0 Å². The lowest BCUT2D eigenvalue weighted by molar-refractivity contribution is 0.0994. The van der Waals surface area contributed by atoms with E-state index in [1.54, 1.807) is 12.1 Å². The number of aromatic nitrogens is 2. The van der Waals surface area contributed by atoms with E-state index in [0.29, 0.717) is 11.7 Å². The van der Waals surface area contributed by atoms with Gasteiger partial charge < -0.3 is 15.7 Å². The van der Waals surface area contributed by atoms with Crippen LogP contribution in [0.2, 0.25) is 0 Å². The zero-order valence-electron chi connectivity index (χ0n) is 9.71. The molecule has 2 atom stereocenters. The molecule has 2 heterocycles. The summed E-state index contributed by atoms with van der Waals surface area (Å²) in [5, 5.41) is 17.1. The number of carbonyl (C=O) groups is 1. The molecule has 1 amide bonds. The minimum Gasteiger partial charge on any atom is -0.394 e. The van der Waals surface area contributed by atoms with E-state index in [4.69, 9.17) is 5.73 Å². The molecule has 0 aromatic carbocycles. The first-order valence-corrected chi connectivity index (χ1v) is 5.64. The number of hydrogen-bond acceptors (Lipinski definition) is 5. The Balaban J connectivity index is 2.20. The van der Waals surface area contributed by atoms with Crippen molar-refractivity contribution in [3.8, 4) is 0 Å². The van der Waals surface area contributed by atoms with Gasteiger partial charge in [0.15, 0.2) is 11.5 Å². The van der Waals surface area contributed by atoms with Crippen LogP contribution in [-0.4, -0.2) is 40.4 Å². The Kier molecular flexibility index (Phi) is 3.23. The number of aliphatic hydroxyl groups excluding tert-OH is 1. The van der Waals surface area contributed by atoms with E-state index in [0.717, 1.165) is 13.0 Å². The zero-order valence-corrected chi connectivity index (χ0v) is 9.71. The van der Waals surface area contributed by atoms with Crippen molar-refractivity contribution in [1.82, 2.24) is 10.2 Å². The number of carbonyl (C=O) groups excluding carboxylic acids is 1. The second-order valence-corrected chi connectivity index (χ2v) is 4.35. The fourth-order valence-corrected chi connectivity index (χ4v) is 2.18. The summed E-state index contributed by atoms with van der Waals surface area (Å²) in [6.07, 6.45) is 1.02. The molecule has 1 fully saturated rings. The summed E-state index contributed by atoms with van der Waals surface area (Å²) in [7, 11) is 0. The number of aliphatic hydroxyl groups is 1. The molecule has 1 aliphatic rings. The first kappa shape index (κ1) is 11.8. The minimum absolute atomic E-state index is 0.0729. The third kappa shape index (κ3) is 2.21. The quantitative estimate of drug-likeness (QED) is 0.757. The fraction of sp³-hybridized carbons (Fsp3) is 0.545. The molecule has 1 aliphatic heterocycles. The lowest BCUT2D eigenvalue weighted by Gasteiger charge is -2.25. The van der Waals surface area contributed by atoms with Crippen LogP contribution in [0.5, 0.6) is 0 Å². The molecular formula is C11H16N4O2. The van der Waals surface area contributed by atoms with E-state index in [1.165, 1.54) is 0 Å². The molecule has 1 aromatic rings. The SMILES string of the molecule is CC1CCN(c2ccc(C(N)=O)nn2)C1CO. The van der Waals surface area contributed by atoms with Crippen molar-refractivity contribution in [3.05, 3.63) is 17.8 Å². The average molecular weight is 236 g/mol. The highest BCUT2D eigenvalue weighted by Crippen LogP contribution is 2.27. The van der Waals surface area contributed by atoms with Gasteiger partial charge >= 0.3 is 0 Å². The van der Waals surface area contributed by atoms with Gasteiger partial charge in [0, 0.05) is 6.54 Å². The zero-order chi connectivity index (χ0) is 12.4. The molecule has 1 saturated heterocycles. The molecule has 92 valence electrons. The molecule has 0 radical (unpaired) electrons. The number of hydrogen-bond donors (Lipinski definition) is 2. The standard InChI is InChI=1S/C11H16N4O2/c1-7-4-5-15(9(7)6-16)10-3-2-8(11(12)17)13-14-10/h2-3,7,9,16H,4-6H2,1H3,(H2,12,17). The van der Waals surface area contributed by atoms with E-state index >= 15 is 0 Å². The predicted octanol–water partition coefficient (Wildman–Crippen LogP) is -0.217. The largest absolute Gasteiger partial charge is 0.394 e. The molecule has 0 aliphatic carbocycles. The second-order valence-electron chi connectivity index (χ2n) is 4.35. The van der Waals surface area contributed by atoms with E-state index in [1.807, 2.05) is 4.90 Å². The smallest absolute Gasteiger partial charge is 0.269 e. The molecule has 6 nitrogen and oxygen atoms in total. The van der Waals surface area contributed by atoms with Crippen molar-refractivity contribution in [3.63, 3.8) is 0 Å². The van der Waals surface area contributed by atoms with Gasteiger partial charge in [0.1, 0.15) is 0 Å². The molecule has 6 heteroatoms. The summed E-state index contributed by atoms with van der Waals surface area (Å²) in [4.78, 5) is 12.9. The van der Waals surface area contributed by atoms with Gasteiger partial charge in [0.05, 0.1) is 12.6 Å². The van der Waals surface area contributed by atoms with Gasteiger partial charge in [-0.05, 0) is 24.5 Å². The number of amides is 1. The Morgan fingerprint density at radius 1 is 1.59 bits per heavy atom. The third-order valence-corrected chi connectivity index (χ3v) is 3.27. The maximum atomic E-state index is 10.9. The third-order valence-electron chi connectivity index (χ3n) is 3.27. The fourth-order valence-electron chi connectivity index (χ4n) is 2.18. The van der Waals surface area contributed by atoms with Crippen molar-refractivity contribution < 1.29 is 9.90 Å². The van der Waals surface area contributed by atoms with Crippen LogP contribution in [0.15, 0.2) is 12.1 Å². The number of anilines is 1. The van der Waals surface area contributed by atoms with Gasteiger partial charge in [0.25, 0.3) is 5.91 Å². The van der Waals surface area contributed by atoms with Crippen LogP contribution in [0, 0.1) is 5.92 Å². The summed E-state index contributed by atoms with van der Waals surface area (Å²) >= 11 is 0. The first-order valence-electron chi connectivity index (χ1n) is 5.64. The van der Waals surface area contributed by atoms with Crippen molar-refractivity contribution >= 4 is 11.7 Å². The number of primary amides is 1. The van der Waals surface area contributed by atoms with E-state index in [-0.39, 0.29) is 18.3 Å². The molecule has 1 aromatic heterocycles. The van der Waals surface area contributed by atoms with Crippen LogP contribution in [0.4, 0.5) is 5.82 Å². The van der Waals surface area contributed by atoms with Crippen molar-refractivity contribution in [2.75, 3.05) is 18.1 Å². The average Bonchev–Trinajstić information content (AvgIpc) is 2.70. The topological polar surface area (TPSA) is 92.3 Å². The summed E-state index contributed by atoms with van der Waals surface area (Å²) in [6, 6.07) is 3.35. The van der Waals surface area contributed by atoms with Gasteiger partial charge in [0.2, 0.25) is 0 Å². The van der Waals surface area contributed by atoms with Crippen molar-refractivity contribution in [1.29, 1.82) is 0 Å². The molecule has 0 spiro atoms. The van der Waals surface area contributed by atoms with Crippen LogP contribution < -0.4 is 10.6 Å². The molecule has 17 heavy (non-hydrogen) atoms. The van der Waals surface area contributed by atoms with E-state index in [2.05, 4.69) is 17.1 Å². The van der Waals surface area contributed by atoms with E-state index < -0.39 is 5.91 Å². The normalized spacial score (nSPS) is 24.0. The Morgan fingerprint density at radius 3 is 2.88 bits per heavy atom. The molecule has 0 bridgehead atoms. The number of rotatable bonds is 3. The van der Waals surface area contributed by atoms with Crippen molar-refractivity contribution in [2.24, 2.45) is 11.7 Å². The minimum atomic E-state index is -0.586. The Hall–Kier alpha value is -1.69. The number of nitrogens with two attached hydrogens (primary N) is 1. The Morgan fingerprint density at radius 2 is 2.35 bits per heavy atom. The van der Waals surface area contributed by atoms with Crippen LogP contribution in [0.1, 0.15) is 23.8 Å². The van der Waals surface area contributed by atoms with E-state index in [9.17, 15) is 9.90 Å². The molecule has 2 unspecified atom stereocenters. The molecule has 2 rings (SSSR count).